The summed E-state index contributed by atoms with van der Waals surface area (Å²) in [5, 5.41) is 7.24. The van der Waals surface area contributed by atoms with Crippen molar-refractivity contribution in [2.45, 2.75) is 13.0 Å². The summed E-state index contributed by atoms with van der Waals surface area (Å²) in [6, 6.07) is 30.2. The van der Waals surface area contributed by atoms with Crippen LogP contribution in [-0.4, -0.2) is 5.91 Å². The highest BCUT2D eigenvalue weighted by molar-refractivity contribution is 6.39. The molecule has 0 atom stereocenters. The fraction of sp³-hybridized carbons (Fsp3) is 0.0741. The first-order valence-electron chi connectivity index (χ1n) is 10.4. The number of nitrogens with one attached hydrogen (secondary N) is 2. The summed E-state index contributed by atoms with van der Waals surface area (Å²) in [4.78, 5) is 12.9. The Labute approximate surface area is 203 Å². The van der Waals surface area contributed by atoms with E-state index in [-0.39, 0.29) is 12.3 Å². The molecule has 0 fully saturated rings. The van der Waals surface area contributed by atoms with Gasteiger partial charge in [0.15, 0.2) is 0 Å². The number of rotatable bonds is 8. The number of carbonyl (C=O) groups is 1. The molecule has 0 aliphatic rings. The predicted molar refractivity (Wildman–Crippen MR) is 136 cm³/mol. The molecule has 0 aromatic heterocycles. The van der Waals surface area contributed by atoms with E-state index in [9.17, 15) is 4.79 Å². The Hall–Kier alpha value is -3.47. The van der Waals surface area contributed by atoms with E-state index in [2.05, 4.69) is 10.6 Å². The van der Waals surface area contributed by atoms with Gasteiger partial charge in [-0.05, 0) is 41.5 Å². The van der Waals surface area contributed by atoms with Crippen molar-refractivity contribution >= 4 is 46.2 Å². The number of benzene rings is 4. The summed E-state index contributed by atoms with van der Waals surface area (Å²) in [6.45, 7) is 0.416. The molecular formula is C27H22Cl2N2O2. The van der Waals surface area contributed by atoms with E-state index in [0.717, 1.165) is 16.8 Å². The number of hydrogen-bond donors (Lipinski definition) is 2. The van der Waals surface area contributed by atoms with Gasteiger partial charge in [0.25, 0.3) is 0 Å². The molecular weight excluding hydrogens is 455 g/mol. The number of ether oxygens (including phenoxy) is 1. The zero-order chi connectivity index (χ0) is 23.0. The Bertz CT molecular complexity index is 1230. The van der Waals surface area contributed by atoms with Gasteiger partial charge in [0.05, 0.1) is 27.8 Å². The minimum Gasteiger partial charge on any atom is -0.487 e. The minimum atomic E-state index is -0.162. The van der Waals surface area contributed by atoms with E-state index in [0.29, 0.717) is 33.8 Å². The van der Waals surface area contributed by atoms with Crippen LogP contribution in [0.4, 0.5) is 17.1 Å². The van der Waals surface area contributed by atoms with E-state index in [1.54, 1.807) is 18.2 Å². The molecule has 0 saturated carbocycles. The first kappa shape index (κ1) is 22.7. The molecule has 0 aliphatic carbocycles. The van der Waals surface area contributed by atoms with Gasteiger partial charge in [0.1, 0.15) is 12.4 Å². The lowest BCUT2D eigenvalue weighted by Gasteiger charge is -2.15. The summed E-state index contributed by atoms with van der Waals surface area (Å²) in [5.41, 5.74) is 3.85. The number of halogens is 2. The number of amides is 1. The zero-order valence-corrected chi connectivity index (χ0v) is 19.2. The molecule has 4 rings (SSSR count). The van der Waals surface area contributed by atoms with Crippen molar-refractivity contribution in [3.8, 4) is 5.75 Å². The van der Waals surface area contributed by atoms with Crippen molar-refractivity contribution in [1.82, 2.24) is 0 Å². The molecule has 6 heteroatoms. The monoisotopic (exact) mass is 476 g/mol. The molecule has 1 amide bonds. The summed E-state index contributed by atoms with van der Waals surface area (Å²) in [5.74, 6) is 0.453. The SMILES string of the molecule is O=C(Cc1ccccc1Nc1c(Cl)cccc1Cl)Nc1ccccc1OCc1ccccc1. The summed E-state index contributed by atoms with van der Waals surface area (Å²) >= 11 is 12.6. The average Bonchev–Trinajstić information content (AvgIpc) is 2.82. The van der Waals surface area contributed by atoms with Crippen LogP contribution in [0.25, 0.3) is 0 Å². The van der Waals surface area contributed by atoms with E-state index in [1.807, 2.05) is 78.9 Å². The van der Waals surface area contributed by atoms with Crippen molar-refractivity contribution < 1.29 is 9.53 Å². The van der Waals surface area contributed by atoms with Gasteiger partial charge >= 0.3 is 0 Å². The van der Waals surface area contributed by atoms with Gasteiger partial charge in [-0.3, -0.25) is 4.79 Å². The number of anilines is 3. The average molecular weight is 477 g/mol. The highest BCUT2D eigenvalue weighted by Gasteiger charge is 2.13. The second-order valence-corrected chi connectivity index (χ2v) is 8.19. The molecule has 0 heterocycles. The van der Waals surface area contributed by atoms with E-state index in [1.165, 1.54) is 0 Å². The zero-order valence-electron chi connectivity index (χ0n) is 17.7. The Morgan fingerprint density at radius 3 is 2.12 bits per heavy atom. The van der Waals surface area contributed by atoms with Crippen LogP contribution in [0.15, 0.2) is 97.1 Å². The van der Waals surface area contributed by atoms with Gasteiger partial charge in [0, 0.05) is 5.69 Å². The van der Waals surface area contributed by atoms with Crippen molar-refractivity contribution in [2.24, 2.45) is 0 Å². The van der Waals surface area contributed by atoms with Crippen LogP contribution >= 0.6 is 23.2 Å². The predicted octanol–water partition coefficient (Wildman–Crippen LogP) is 7.50. The Morgan fingerprint density at radius 1 is 0.727 bits per heavy atom. The Kier molecular flexibility index (Phi) is 7.51. The van der Waals surface area contributed by atoms with Crippen LogP contribution in [0.3, 0.4) is 0 Å². The summed E-state index contributed by atoms with van der Waals surface area (Å²) in [7, 11) is 0. The molecule has 0 unspecified atom stereocenters. The largest absolute Gasteiger partial charge is 0.487 e. The number of para-hydroxylation sites is 4. The van der Waals surface area contributed by atoms with Crippen LogP contribution in [0.1, 0.15) is 11.1 Å². The lowest BCUT2D eigenvalue weighted by molar-refractivity contribution is -0.115. The molecule has 0 saturated heterocycles. The van der Waals surface area contributed by atoms with E-state index >= 15 is 0 Å². The Balaban J connectivity index is 1.46. The lowest BCUT2D eigenvalue weighted by atomic mass is 10.1. The van der Waals surface area contributed by atoms with E-state index < -0.39 is 0 Å². The maximum atomic E-state index is 12.9. The van der Waals surface area contributed by atoms with Gasteiger partial charge < -0.3 is 15.4 Å². The van der Waals surface area contributed by atoms with Crippen molar-refractivity contribution in [3.63, 3.8) is 0 Å². The quantitative estimate of drug-likeness (QED) is 0.276. The van der Waals surface area contributed by atoms with Gasteiger partial charge in [-0.25, -0.2) is 0 Å². The second kappa shape index (κ2) is 10.9. The van der Waals surface area contributed by atoms with Gasteiger partial charge in [0.2, 0.25) is 5.91 Å². The van der Waals surface area contributed by atoms with E-state index in [4.69, 9.17) is 27.9 Å². The summed E-state index contributed by atoms with van der Waals surface area (Å²) in [6.07, 6.45) is 0.165. The van der Waals surface area contributed by atoms with Crippen LogP contribution in [0.2, 0.25) is 10.0 Å². The number of carbonyl (C=O) groups excluding carboxylic acids is 1. The highest BCUT2D eigenvalue weighted by atomic mass is 35.5. The molecule has 4 nitrogen and oxygen atoms in total. The lowest BCUT2D eigenvalue weighted by Crippen LogP contribution is -2.16. The van der Waals surface area contributed by atoms with Crippen LogP contribution in [-0.2, 0) is 17.8 Å². The normalized spacial score (nSPS) is 10.5. The van der Waals surface area contributed by atoms with Crippen LogP contribution in [0, 0.1) is 0 Å². The molecule has 0 spiro atoms. The molecule has 0 aliphatic heterocycles. The molecule has 0 bridgehead atoms. The molecule has 166 valence electrons. The first-order valence-corrected chi connectivity index (χ1v) is 11.2. The number of hydrogen-bond acceptors (Lipinski definition) is 3. The molecule has 33 heavy (non-hydrogen) atoms. The fourth-order valence-corrected chi connectivity index (χ4v) is 3.84. The van der Waals surface area contributed by atoms with Crippen LogP contribution < -0.4 is 15.4 Å². The minimum absolute atomic E-state index is 0.162. The third-order valence-corrected chi connectivity index (χ3v) is 5.62. The van der Waals surface area contributed by atoms with Crippen molar-refractivity contribution in [1.29, 1.82) is 0 Å². The maximum absolute atomic E-state index is 12.9. The smallest absolute Gasteiger partial charge is 0.228 e. The van der Waals surface area contributed by atoms with Gasteiger partial charge in [-0.2, -0.15) is 0 Å². The first-order chi connectivity index (χ1) is 16.1. The molecule has 2 N–H and O–H groups in total. The third kappa shape index (κ3) is 6.07. The molecule has 0 radical (unpaired) electrons. The molecule has 4 aromatic carbocycles. The molecule has 4 aromatic rings. The van der Waals surface area contributed by atoms with Gasteiger partial charge in [-0.1, -0.05) is 89.9 Å². The maximum Gasteiger partial charge on any atom is 0.228 e. The third-order valence-electron chi connectivity index (χ3n) is 4.99. The standard InChI is InChI=1S/C27H22Cl2N2O2/c28-21-12-8-13-22(29)27(21)31-23-14-5-4-11-20(23)17-26(32)30-24-15-6-7-16-25(24)33-18-19-9-2-1-3-10-19/h1-16,31H,17-18H2,(H,30,32). The second-order valence-electron chi connectivity index (χ2n) is 7.37. The topological polar surface area (TPSA) is 50.4 Å². The fourth-order valence-electron chi connectivity index (χ4n) is 3.35. The van der Waals surface area contributed by atoms with Crippen LogP contribution in [0.5, 0.6) is 5.75 Å². The van der Waals surface area contributed by atoms with Crippen molar-refractivity contribution in [2.75, 3.05) is 10.6 Å². The highest BCUT2D eigenvalue weighted by Crippen LogP contribution is 2.34. The summed E-state index contributed by atoms with van der Waals surface area (Å²) < 4.78 is 5.95. The van der Waals surface area contributed by atoms with Gasteiger partial charge in [-0.15, -0.1) is 0 Å². The van der Waals surface area contributed by atoms with Crippen molar-refractivity contribution in [3.05, 3.63) is 118 Å². The Morgan fingerprint density at radius 2 is 1.36 bits per heavy atom.